The molecule has 1 heterocycles. The molecule has 1 aromatic heterocycles. The normalized spacial score (nSPS) is 12.4. The number of aryl methyl sites for hydroxylation is 2. The lowest BCUT2D eigenvalue weighted by atomic mass is 10.0. The van der Waals surface area contributed by atoms with Crippen molar-refractivity contribution in [2.75, 3.05) is 20.6 Å². The fourth-order valence-electron chi connectivity index (χ4n) is 2.55. The van der Waals surface area contributed by atoms with Gasteiger partial charge >= 0.3 is 0 Å². The number of rotatable bonds is 7. The first-order chi connectivity index (χ1) is 11.4. The lowest BCUT2D eigenvalue weighted by Gasteiger charge is -2.21. The number of amides is 1. The highest BCUT2D eigenvalue weighted by atomic mass is 35.5. The molecule has 0 spiro atoms. The van der Waals surface area contributed by atoms with Gasteiger partial charge in [-0.25, -0.2) is 0 Å². The number of carbonyl (C=O) groups is 1. The Labute approximate surface area is 148 Å². The quantitative estimate of drug-likeness (QED) is 0.836. The largest absolute Gasteiger partial charge is 0.344 e. The summed E-state index contributed by atoms with van der Waals surface area (Å²) < 4.78 is 1.64. The van der Waals surface area contributed by atoms with Crippen LogP contribution in [-0.4, -0.2) is 41.2 Å². The van der Waals surface area contributed by atoms with Crippen LogP contribution in [0.5, 0.6) is 0 Å². The van der Waals surface area contributed by atoms with Crippen LogP contribution in [0.4, 0.5) is 0 Å². The molecular formula is C18H25ClN4O. The third kappa shape index (κ3) is 4.82. The first-order valence-electron chi connectivity index (χ1n) is 8.14. The molecule has 5 nitrogen and oxygen atoms in total. The van der Waals surface area contributed by atoms with E-state index in [1.54, 1.807) is 11.7 Å². The highest BCUT2D eigenvalue weighted by Gasteiger charge is 2.19. The average molecular weight is 349 g/mol. The van der Waals surface area contributed by atoms with Gasteiger partial charge < -0.3 is 10.2 Å². The van der Waals surface area contributed by atoms with Crippen LogP contribution in [-0.2, 0) is 13.5 Å². The minimum Gasteiger partial charge on any atom is -0.344 e. The van der Waals surface area contributed by atoms with E-state index >= 15 is 0 Å². The van der Waals surface area contributed by atoms with E-state index in [1.165, 1.54) is 0 Å². The summed E-state index contributed by atoms with van der Waals surface area (Å²) in [6, 6.07) is 9.40. The number of nitrogens with zero attached hydrogens (tertiary/aromatic N) is 3. The Balaban J connectivity index is 2.18. The molecule has 0 aliphatic carbocycles. The van der Waals surface area contributed by atoms with Crippen LogP contribution >= 0.6 is 11.6 Å². The van der Waals surface area contributed by atoms with Crippen molar-refractivity contribution in [3.8, 4) is 0 Å². The number of benzene rings is 1. The van der Waals surface area contributed by atoms with Gasteiger partial charge in [-0.15, -0.1) is 0 Å². The summed E-state index contributed by atoms with van der Waals surface area (Å²) in [6.07, 6.45) is 1.63. The summed E-state index contributed by atoms with van der Waals surface area (Å²) in [5, 5.41) is 8.17. The molecule has 6 heteroatoms. The molecule has 24 heavy (non-hydrogen) atoms. The number of nitrogens with one attached hydrogen (secondary N) is 1. The number of carbonyl (C=O) groups excluding carboxylic acids is 1. The number of halogens is 1. The highest BCUT2D eigenvalue weighted by Crippen LogP contribution is 2.20. The summed E-state index contributed by atoms with van der Waals surface area (Å²) in [6.45, 7) is 2.90. The Bertz CT molecular complexity index is 679. The van der Waals surface area contributed by atoms with E-state index in [9.17, 15) is 4.79 Å². The van der Waals surface area contributed by atoms with Gasteiger partial charge in [0.05, 0.1) is 11.7 Å². The zero-order valence-corrected chi connectivity index (χ0v) is 15.5. The van der Waals surface area contributed by atoms with Crippen molar-refractivity contribution in [3.05, 3.63) is 52.3 Å². The molecule has 1 aromatic carbocycles. The SMILES string of the molecule is CCc1cc(C(=O)NC(CCN(C)C)c2ccc(Cl)cc2)n(C)n1. The fraction of sp³-hybridized carbons (Fsp3) is 0.444. The molecule has 1 amide bonds. The van der Waals surface area contributed by atoms with Crippen molar-refractivity contribution >= 4 is 17.5 Å². The molecule has 2 rings (SSSR count). The summed E-state index contributed by atoms with van der Waals surface area (Å²) in [5.74, 6) is -0.108. The fourth-order valence-corrected chi connectivity index (χ4v) is 2.67. The van der Waals surface area contributed by atoms with Crippen LogP contribution in [0.2, 0.25) is 5.02 Å². The molecule has 1 unspecified atom stereocenters. The van der Waals surface area contributed by atoms with E-state index in [-0.39, 0.29) is 11.9 Å². The second-order valence-corrected chi connectivity index (χ2v) is 6.60. The molecular weight excluding hydrogens is 324 g/mol. The van der Waals surface area contributed by atoms with Crippen molar-refractivity contribution in [2.24, 2.45) is 7.05 Å². The Morgan fingerprint density at radius 1 is 1.33 bits per heavy atom. The highest BCUT2D eigenvalue weighted by molar-refractivity contribution is 6.30. The van der Waals surface area contributed by atoms with E-state index in [0.29, 0.717) is 10.7 Å². The van der Waals surface area contributed by atoms with Gasteiger partial charge in [0.2, 0.25) is 0 Å². The van der Waals surface area contributed by atoms with Gasteiger partial charge in [-0.3, -0.25) is 9.48 Å². The van der Waals surface area contributed by atoms with Gasteiger partial charge in [0, 0.05) is 12.1 Å². The summed E-state index contributed by atoms with van der Waals surface area (Å²) in [7, 11) is 5.84. The predicted octanol–water partition coefficient (Wildman–Crippen LogP) is 3.06. The van der Waals surface area contributed by atoms with Gasteiger partial charge in [0.1, 0.15) is 5.69 Å². The topological polar surface area (TPSA) is 50.2 Å². The van der Waals surface area contributed by atoms with Crippen LogP contribution < -0.4 is 5.32 Å². The summed E-state index contributed by atoms with van der Waals surface area (Å²) in [4.78, 5) is 14.8. The Hall–Kier alpha value is -1.85. The van der Waals surface area contributed by atoms with Crippen LogP contribution in [0.3, 0.4) is 0 Å². The van der Waals surface area contributed by atoms with Crippen LogP contribution in [0.15, 0.2) is 30.3 Å². The standard InChI is InChI=1S/C18H25ClN4O/c1-5-15-12-17(23(4)21-15)18(24)20-16(10-11-22(2)3)13-6-8-14(19)9-7-13/h6-9,12,16H,5,10-11H2,1-4H3,(H,20,24). The van der Waals surface area contributed by atoms with Gasteiger partial charge in [0.15, 0.2) is 0 Å². The Morgan fingerprint density at radius 2 is 2.00 bits per heavy atom. The summed E-state index contributed by atoms with van der Waals surface area (Å²) >= 11 is 5.98. The maximum Gasteiger partial charge on any atom is 0.270 e. The van der Waals surface area contributed by atoms with E-state index in [0.717, 1.165) is 30.6 Å². The molecule has 130 valence electrons. The predicted molar refractivity (Wildman–Crippen MR) is 97.4 cm³/mol. The van der Waals surface area contributed by atoms with Gasteiger partial charge in [-0.05, 0) is 57.2 Å². The molecule has 0 fully saturated rings. The van der Waals surface area contributed by atoms with E-state index in [2.05, 4.69) is 15.3 Å². The molecule has 0 aliphatic rings. The second-order valence-electron chi connectivity index (χ2n) is 6.17. The summed E-state index contributed by atoms with van der Waals surface area (Å²) in [5.41, 5.74) is 2.54. The average Bonchev–Trinajstić information content (AvgIpc) is 2.93. The van der Waals surface area contributed by atoms with Crippen LogP contribution in [0, 0.1) is 0 Å². The van der Waals surface area contributed by atoms with Gasteiger partial charge in [-0.2, -0.15) is 5.10 Å². The minimum atomic E-state index is -0.108. The van der Waals surface area contributed by atoms with Crippen molar-refractivity contribution in [3.63, 3.8) is 0 Å². The minimum absolute atomic E-state index is 0.0721. The maximum absolute atomic E-state index is 12.7. The van der Waals surface area contributed by atoms with E-state index in [4.69, 9.17) is 11.6 Å². The maximum atomic E-state index is 12.7. The molecule has 2 aromatic rings. The van der Waals surface area contributed by atoms with Crippen LogP contribution in [0.1, 0.15) is 41.1 Å². The zero-order valence-electron chi connectivity index (χ0n) is 14.7. The molecule has 0 saturated carbocycles. The van der Waals surface area contributed by atoms with Gasteiger partial charge in [0.25, 0.3) is 5.91 Å². The third-order valence-corrected chi connectivity index (χ3v) is 4.22. The smallest absolute Gasteiger partial charge is 0.270 e. The molecule has 0 bridgehead atoms. The second kappa shape index (κ2) is 8.31. The number of hydrogen-bond acceptors (Lipinski definition) is 3. The first kappa shape index (κ1) is 18.5. The lowest BCUT2D eigenvalue weighted by molar-refractivity contribution is 0.0923. The molecule has 0 radical (unpaired) electrons. The molecule has 1 N–H and O–H groups in total. The van der Waals surface area contributed by atoms with Crippen molar-refractivity contribution < 1.29 is 4.79 Å². The van der Waals surface area contributed by atoms with E-state index in [1.807, 2.05) is 51.4 Å². The molecule has 1 atom stereocenters. The van der Waals surface area contributed by atoms with Crippen molar-refractivity contribution in [1.82, 2.24) is 20.0 Å². The van der Waals surface area contributed by atoms with Crippen molar-refractivity contribution in [1.29, 1.82) is 0 Å². The van der Waals surface area contributed by atoms with Crippen molar-refractivity contribution in [2.45, 2.75) is 25.8 Å². The first-order valence-corrected chi connectivity index (χ1v) is 8.52. The Morgan fingerprint density at radius 3 is 2.54 bits per heavy atom. The monoisotopic (exact) mass is 348 g/mol. The van der Waals surface area contributed by atoms with Crippen LogP contribution in [0.25, 0.3) is 0 Å². The Kier molecular flexibility index (Phi) is 6.40. The lowest BCUT2D eigenvalue weighted by Crippen LogP contribution is -2.32. The third-order valence-electron chi connectivity index (χ3n) is 3.97. The van der Waals surface area contributed by atoms with E-state index < -0.39 is 0 Å². The van der Waals surface area contributed by atoms with Gasteiger partial charge in [-0.1, -0.05) is 30.7 Å². The molecule has 0 aliphatic heterocycles. The molecule has 0 saturated heterocycles. The zero-order chi connectivity index (χ0) is 17.7. The number of aromatic nitrogens is 2. The number of hydrogen-bond donors (Lipinski definition) is 1.